The van der Waals surface area contributed by atoms with E-state index in [4.69, 9.17) is 14.5 Å². The van der Waals surface area contributed by atoms with E-state index in [2.05, 4.69) is 21.5 Å². The van der Waals surface area contributed by atoms with Gasteiger partial charge in [0.05, 0.1) is 32.8 Å². The van der Waals surface area contributed by atoms with Crippen LogP contribution in [0.4, 0.5) is 0 Å². The Morgan fingerprint density at radius 3 is 2.42 bits per heavy atom. The lowest BCUT2D eigenvalue weighted by Gasteiger charge is -2.22. The second-order valence-corrected chi connectivity index (χ2v) is 6.87. The summed E-state index contributed by atoms with van der Waals surface area (Å²) < 4.78 is 13.0. The van der Waals surface area contributed by atoms with Gasteiger partial charge in [-0.2, -0.15) is 0 Å². The van der Waals surface area contributed by atoms with Crippen molar-refractivity contribution in [3.05, 3.63) is 23.8 Å². The Labute approximate surface area is 152 Å². The van der Waals surface area contributed by atoms with Crippen LogP contribution in [0.3, 0.4) is 0 Å². The van der Waals surface area contributed by atoms with E-state index in [0.29, 0.717) is 11.5 Å². The summed E-state index contributed by atoms with van der Waals surface area (Å²) in [4.78, 5) is 6.45. The minimum absolute atomic E-state index is 0.677. The number of quaternary nitrogens is 1. The van der Waals surface area contributed by atoms with Gasteiger partial charge in [0, 0.05) is 17.9 Å². The van der Waals surface area contributed by atoms with Gasteiger partial charge in [-0.15, -0.1) is 10.2 Å². The average Bonchev–Trinajstić information content (AvgIpc) is 3.11. The predicted octanol–water partition coefficient (Wildman–Crippen LogP) is 1.43. The first-order chi connectivity index (χ1) is 12.7. The summed E-state index contributed by atoms with van der Waals surface area (Å²) in [6.45, 7) is 5.44. The summed E-state index contributed by atoms with van der Waals surface area (Å²) in [5, 5.41) is 9.98. The molecule has 1 aliphatic rings. The number of hydrogen-bond donors (Lipinski definition) is 1. The van der Waals surface area contributed by atoms with Crippen LogP contribution < -0.4 is 14.4 Å². The molecule has 1 fully saturated rings. The van der Waals surface area contributed by atoms with Gasteiger partial charge in [-0.05, 0) is 25.3 Å². The van der Waals surface area contributed by atoms with Crippen molar-refractivity contribution >= 4 is 16.6 Å². The molecule has 7 nitrogen and oxygen atoms in total. The number of fused-ring (bicyclic) bond motifs is 3. The Bertz CT molecular complexity index is 931. The molecule has 0 radical (unpaired) electrons. The lowest BCUT2D eigenvalue weighted by Crippen LogP contribution is -3.11. The zero-order valence-electron chi connectivity index (χ0n) is 15.7. The third-order valence-electron chi connectivity index (χ3n) is 5.27. The monoisotopic (exact) mass is 356 g/mol. The van der Waals surface area contributed by atoms with Crippen LogP contribution in [0.15, 0.2) is 12.1 Å². The zero-order chi connectivity index (χ0) is 18.1. The van der Waals surface area contributed by atoms with Gasteiger partial charge in [0.15, 0.2) is 23.0 Å². The maximum Gasteiger partial charge on any atom is 0.194 e. The highest BCUT2D eigenvalue weighted by molar-refractivity contribution is 5.93. The number of aromatic nitrogens is 4. The summed E-state index contributed by atoms with van der Waals surface area (Å²) in [5.74, 6) is 3.34. The van der Waals surface area contributed by atoms with Crippen molar-refractivity contribution in [1.82, 2.24) is 19.6 Å². The summed E-state index contributed by atoms with van der Waals surface area (Å²) >= 11 is 0. The number of rotatable bonds is 5. The molecule has 1 saturated heterocycles. The van der Waals surface area contributed by atoms with Crippen molar-refractivity contribution in [2.45, 2.75) is 39.2 Å². The molecule has 7 heteroatoms. The summed E-state index contributed by atoms with van der Waals surface area (Å²) in [7, 11) is 3.28. The van der Waals surface area contributed by atoms with Crippen LogP contribution in [-0.4, -0.2) is 46.9 Å². The van der Waals surface area contributed by atoms with Crippen LogP contribution in [0, 0.1) is 0 Å². The van der Waals surface area contributed by atoms with Gasteiger partial charge >= 0.3 is 0 Å². The van der Waals surface area contributed by atoms with E-state index >= 15 is 0 Å². The van der Waals surface area contributed by atoms with Crippen LogP contribution in [0.2, 0.25) is 0 Å². The fourth-order valence-corrected chi connectivity index (χ4v) is 3.89. The van der Waals surface area contributed by atoms with Crippen LogP contribution in [0.25, 0.3) is 16.6 Å². The Hall–Kier alpha value is -2.41. The molecule has 1 aromatic carbocycles. The van der Waals surface area contributed by atoms with E-state index in [0.717, 1.165) is 41.2 Å². The number of methoxy groups -OCH3 is 2. The first-order valence-electron chi connectivity index (χ1n) is 9.37. The highest BCUT2D eigenvalue weighted by atomic mass is 16.5. The van der Waals surface area contributed by atoms with E-state index in [1.807, 2.05) is 12.1 Å². The maximum absolute atomic E-state index is 5.46. The zero-order valence-corrected chi connectivity index (χ0v) is 15.7. The first-order valence-corrected chi connectivity index (χ1v) is 9.37. The molecule has 26 heavy (non-hydrogen) atoms. The van der Waals surface area contributed by atoms with E-state index in [1.54, 1.807) is 19.1 Å². The smallest absolute Gasteiger partial charge is 0.194 e. The Morgan fingerprint density at radius 2 is 1.73 bits per heavy atom. The van der Waals surface area contributed by atoms with E-state index in [9.17, 15) is 0 Å². The lowest BCUT2D eigenvalue weighted by atomic mass is 10.1. The van der Waals surface area contributed by atoms with E-state index in [1.165, 1.54) is 32.4 Å². The first kappa shape index (κ1) is 17.0. The molecule has 3 aromatic rings. The molecule has 0 bridgehead atoms. The van der Waals surface area contributed by atoms with Crippen molar-refractivity contribution < 1.29 is 14.4 Å². The van der Waals surface area contributed by atoms with E-state index < -0.39 is 0 Å². The lowest BCUT2D eigenvalue weighted by molar-refractivity contribution is -0.919. The molecule has 0 aliphatic carbocycles. The van der Waals surface area contributed by atoms with E-state index in [-0.39, 0.29) is 0 Å². The molecule has 1 N–H and O–H groups in total. The largest absolute Gasteiger partial charge is 0.493 e. The molecule has 0 amide bonds. The average molecular weight is 356 g/mol. The summed E-state index contributed by atoms with van der Waals surface area (Å²) in [6, 6.07) is 3.86. The quantitative estimate of drug-likeness (QED) is 0.749. The third-order valence-corrected chi connectivity index (χ3v) is 5.27. The fraction of sp³-hybridized carbons (Fsp3) is 0.526. The second kappa shape index (κ2) is 7.07. The van der Waals surface area contributed by atoms with Crippen LogP contribution in [-0.2, 0) is 13.0 Å². The van der Waals surface area contributed by atoms with Gasteiger partial charge in [0.1, 0.15) is 12.4 Å². The molecule has 1 aliphatic heterocycles. The molecule has 0 spiro atoms. The van der Waals surface area contributed by atoms with Gasteiger partial charge in [-0.3, -0.25) is 4.40 Å². The number of aryl methyl sites for hydroxylation is 1. The van der Waals surface area contributed by atoms with Crippen molar-refractivity contribution in [2.24, 2.45) is 0 Å². The molecule has 3 heterocycles. The van der Waals surface area contributed by atoms with Crippen molar-refractivity contribution in [3.63, 3.8) is 0 Å². The van der Waals surface area contributed by atoms with Crippen LogP contribution >= 0.6 is 0 Å². The molecule has 0 unspecified atom stereocenters. The molecule has 4 rings (SSSR count). The Morgan fingerprint density at radius 1 is 1.00 bits per heavy atom. The summed E-state index contributed by atoms with van der Waals surface area (Å²) in [5.41, 5.74) is 1.70. The number of likely N-dealkylation sites (tertiary alicyclic amines) is 1. The number of nitrogens with one attached hydrogen (secondary N) is 1. The highest BCUT2D eigenvalue weighted by Crippen LogP contribution is 2.33. The molecule has 0 saturated carbocycles. The maximum atomic E-state index is 5.46. The van der Waals surface area contributed by atoms with Crippen molar-refractivity contribution in [3.8, 4) is 11.5 Å². The molecular weight excluding hydrogens is 330 g/mol. The fourth-order valence-electron chi connectivity index (χ4n) is 3.89. The molecular formula is C19H26N5O2+. The van der Waals surface area contributed by atoms with Gasteiger partial charge < -0.3 is 14.4 Å². The van der Waals surface area contributed by atoms with Gasteiger partial charge in [0.2, 0.25) is 0 Å². The normalized spacial score (nSPS) is 15.7. The van der Waals surface area contributed by atoms with Crippen LogP contribution in [0.1, 0.15) is 37.8 Å². The number of nitrogens with zero attached hydrogens (tertiary/aromatic N) is 4. The number of hydrogen-bond acceptors (Lipinski definition) is 5. The number of ether oxygens (including phenoxy) is 2. The predicted molar refractivity (Wildman–Crippen MR) is 99.0 cm³/mol. The SMILES string of the molecule is CCc1nc2cc(OC)c(OC)cc2c2nnc(C[NH+]3CCCCC3)n12. The van der Waals surface area contributed by atoms with Crippen molar-refractivity contribution in [2.75, 3.05) is 27.3 Å². The summed E-state index contributed by atoms with van der Waals surface area (Å²) in [6.07, 6.45) is 4.76. The number of benzene rings is 1. The Kier molecular flexibility index (Phi) is 4.63. The Balaban J connectivity index is 1.87. The number of piperidine rings is 1. The van der Waals surface area contributed by atoms with Gasteiger partial charge in [-0.25, -0.2) is 4.98 Å². The molecule has 0 atom stereocenters. The van der Waals surface area contributed by atoms with Gasteiger partial charge in [0.25, 0.3) is 0 Å². The highest BCUT2D eigenvalue weighted by Gasteiger charge is 2.21. The second-order valence-electron chi connectivity index (χ2n) is 6.87. The minimum Gasteiger partial charge on any atom is -0.493 e. The molecule has 2 aromatic heterocycles. The van der Waals surface area contributed by atoms with Crippen LogP contribution in [0.5, 0.6) is 11.5 Å². The van der Waals surface area contributed by atoms with Gasteiger partial charge in [-0.1, -0.05) is 6.92 Å². The minimum atomic E-state index is 0.677. The third kappa shape index (κ3) is 2.86. The molecule has 138 valence electrons. The van der Waals surface area contributed by atoms with Crippen molar-refractivity contribution in [1.29, 1.82) is 0 Å². The topological polar surface area (TPSA) is 66.0 Å². The standard InChI is InChI=1S/C19H25N5O2/c1-4-17-20-14-11-16(26-3)15(25-2)10-13(14)19-22-21-18(24(17)19)12-23-8-6-5-7-9-23/h10-11H,4-9,12H2,1-3H3/p+1.